The van der Waals surface area contributed by atoms with Crippen LogP contribution in [0.5, 0.6) is 0 Å². The van der Waals surface area contributed by atoms with E-state index in [9.17, 15) is 0 Å². The Hall–Kier alpha value is -2.01. The molecule has 3 aromatic rings. The Morgan fingerprint density at radius 2 is 1.90 bits per heavy atom. The molecule has 0 aliphatic carbocycles. The summed E-state index contributed by atoms with van der Waals surface area (Å²) < 4.78 is 1.58. The molecule has 0 saturated heterocycles. The summed E-state index contributed by atoms with van der Waals surface area (Å²) in [5, 5.41) is 11.5. The van der Waals surface area contributed by atoms with Gasteiger partial charge in [-0.05, 0) is 16.3 Å². The molecule has 0 aliphatic heterocycles. The molecule has 0 aliphatic rings. The molecule has 5 heteroatoms. The summed E-state index contributed by atoms with van der Waals surface area (Å²) in [5.41, 5.74) is 1.26. The second-order valence-electron chi connectivity index (χ2n) is 4.59. The third kappa shape index (κ3) is 2.49. The van der Waals surface area contributed by atoms with E-state index in [-0.39, 0.29) is 0 Å². The second kappa shape index (κ2) is 5.54. The summed E-state index contributed by atoms with van der Waals surface area (Å²) in [6.45, 7) is 2.02. The standard InChI is InChI=1S/C15H16N4S/c1-2-14-17-18-15(19(14)16)20-10-11-7-8-12-5-3-4-6-13(12)9-11/h3-9H,2,10,16H2,1H3. The van der Waals surface area contributed by atoms with Crippen molar-refractivity contribution in [1.82, 2.24) is 14.9 Å². The molecule has 1 aromatic heterocycles. The van der Waals surface area contributed by atoms with Gasteiger partial charge >= 0.3 is 0 Å². The zero-order valence-electron chi connectivity index (χ0n) is 11.3. The van der Waals surface area contributed by atoms with Crippen molar-refractivity contribution in [3.8, 4) is 0 Å². The zero-order valence-corrected chi connectivity index (χ0v) is 12.1. The third-order valence-electron chi connectivity index (χ3n) is 3.23. The normalized spacial score (nSPS) is 11.1. The topological polar surface area (TPSA) is 56.7 Å². The van der Waals surface area contributed by atoms with Gasteiger partial charge in [0.15, 0.2) is 5.82 Å². The molecule has 1 heterocycles. The molecule has 0 atom stereocenters. The largest absolute Gasteiger partial charge is 0.336 e. The van der Waals surface area contributed by atoms with E-state index in [1.807, 2.05) is 6.92 Å². The SMILES string of the molecule is CCc1nnc(SCc2ccc3ccccc3c2)n1N. The lowest BCUT2D eigenvalue weighted by molar-refractivity contribution is 0.796. The Balaban J connectivity index is 1.77. The van der Waals surface area contributed by atoms with Crippen molar-refractivity contribution in [2.45, 2.75) is 24.3 Å². The summed E-state index contributed by atoms with van der Waals surface area (Å²) in [4.78, 5) is 0. The summed E-state index contributed by atoms with van der Waals surface area (Å²) in [6, 6.07) is 14.9. The van der Waals surface area contributed by atoms with E-state index in [0.29, 0.717) is 0 Å². The molecule has 20 heavy (non-hydrogen) atoms. The van der Waals surface area contributed by atoms with Crippen molar-refractivity contribution in [2.75, 3.05) is 5.84 Å². The van der Waals surface area contributed by atoms with Gasteiger partial charge in [0.1, 0.15) is 0 Å². The molecular formula is C15H16N4S. The van der Waals surface area contributed by atoms with Crippen molar-refractivity contribution in [1.29, 1.82) is 0 Å². The predicted molar refractivity (Wildman–Crippen MR) is 83.1 cm³/mol. The zero-order chi connectivity index (χ0) is 13.9. The number of nitrogens with zero attached hydrogens (tertiary/aromatic N) is 3. The first-order valence-electron chi connectivity index (χ1n) is 6.58. The first kappa shape index (κ1) is 13.0. The highest BCUT2D eigenvalue weighted by Gasteiger charge is 2.08. The lowest BCUT2D eigenvalue weighted by Gasteiger charge is -2.04. The maximum atomic E-state index is 5.94. The van der Waals surface area contributed by atoms with Crippen LogP contribution in [-0.2, 0) is 12.2 Å². The lowest BCUT2D eigenvalue weighted by atomic mass is 10.1. The highest BCUT2D eigenvalue weighted by atomic mass is 32.2. The number of rotatable bonds is 4. The van der Waals surface area contributed by atoms with Crippen LogP contribution >= 0.6 is 11.8 Å². The summed E-state index contributed by atoms with van der Waals surface area (Å²) in [5.74, 6) is 7.59. The number of aryl methyl sites for hydroxylation is 1. The van der Waals surface area contributed by atoms with Crippen LogP contribution in [0.15, 0.2) is 47.6 Å². The highest BCUT2D eigenvalue weighted by Crippen LogP contribution is 2.23. The van der Waals surface area contributed by atoms with Crippen LogP contribution < -0.4 is 5.84 Å². The van der Waals surface area contributed by atoms with Gasteiger partial charge in [-0.2, -0.15) is 0 Å². The Bertz CT molecular complexity index is 736. The van der Waals surface area contributed by atoms with Crippen molar-refractivity contribution in [2.24, 2.45) is 0 Å². The molecule has 0 amide bonds. The van der Waals surface area contributed by atoms with E-state index >= 15 is 0 Å². The molecule has 0 unspecified atom stereocenters. The van der Waals surface area contributed by atoms with Gasteiger partial charge in [0, 0.05) is 12.2 Å². The average molecular weight is 284 g/mol. The fourth-order valence-corrected chi connectivity index (χ4v) is 2.94. The Labute approximate surface area is 122 Å². The van der Waals surface area contributed by atoms with Gasteiger partial charge in [0.05, 0.1) is 0 Å². The van der Waals surface area contributed by atoms with E-state index in [1.54, 1.807) is 16.4 Å². The van der Waals surface area contributed by atoms with Crippen molar-refractivity contribution >= 4 is 22.5 Å². The molecular weight excluding hydrogens is 268 g/mol. The number of hydrogen-bond acceptors (Lipinski definition) is 4. The van der Waals surface area contributed by atoms with Crippen LogP contribution in [0.4, 0.5) is 0 Å². The van der Waals surface area contributed by atoms with Crippen LogP contribution in [0.1, 0.15) is 18.3 Å². The molecule has 102 valence electrons. The molecule has 2 N–H and O–H groups in total. The maximum Gasteiger partial charge on any atom is 0.210 e. The number of benzene rings is 2. The number of aromatic nitrogens is 3. The van der Waals surface area contributed by atoms with Crippen molar-refractivity contribution < 1.29 is 0 Å². The molecule has 4 nitrogen and oxygen atoms in total. The van der Waals surface area contributed by atoms with E-state index in [1.165, 1.54) is 16.3 Å². The average Bonchev–Trinajstić information content (AvgIpc) is 2.85. The monoisotopic (exact) mass is 284 g/mol. The minimum absolute atomic E-state index is 0.759. The van der Waals surface area contributed by atoms with E-state index in [4.69, 9.17) is 5.84 Å². The molecule has 2 aromatic carbocycles. The van der Waals surface area contributed by atoms with Crippen molar-refractivity contribution in [3.63, 3.8) is 0 Å². The Kier molecular flexibility index (Phi) is 3.60. The lowest BCUT2D eigenvalue weighted by Crippen LogP contribution is -2.13. The Morgan fingerprint density at radius 1 is 1.10 bits per heavy atom. The second-order valence-corrected chi connectivity index (χ2v) is 5.54. The minimum atomic E-state index is 0.759. The quantitative estimate of drug-likeness (QED) is 0.591. The van der Waals surface area contributed by atoms with Gasteiger partial charge < -0.3 is 5.84 Å². The van der Waals surface area contributed by atoms with Gasteiger partial charge in [-0.1, -0.05) is 61.2 Å². The first-order chi connectivity index (χ1) is 9.78. The van der Waals surface area contributed by atoms with Crippen LogP contribution in [0.25, 0.3) is 10.8 Å². The van der Waals surface area contributed by atoms with Gasteiger partial charge in [-0.15, -0.1) is 10.2 Å². The number of hydrogen-bond donors (Lipinski definition) is 1. The van der Waals surface area contributed by atoms with Crippen molar-refractivity contribution in [3.05, 3.63) is 53.9 Å². The van der Waals surface area contributed by atoms with Crippen LogP contribution in [0.3, 0.4) is 0 Å². The van der Waals surface area contributed by atoms with E-state index in [2.05, 4.69) is 52.7 Å². The smallest absolute Gasteiger partial charge is 0.210 e. The van der Waals surface area contributed by atoms with Gasteiger partial charge in [0.2, 0.25) is 5.16 Å². The van der Waals surface area contributed by atoms with Crippen LogP contribution in [0, 0.1) is 0 Å². The Morgan fingerprint density at radius 3 is 2.65 bits per heavy atom. The van der Waals surface area contributed by atoms with E-state index < -0.39 is 0 Å². The first-order valence-corrected chi connectivity index (χ1v) is 7.56. The van der Waals surface area contributed by atoms with Gasteiger partial charge in [-0.25, -0.2) is 4.68 Å². The number of nitrogen functional groups attached to an aromatic ring is 1. The summed E-state index contributed by atoms with van der Waals surface area (Å²) >= 11 is 1.61. The molecule has 0 bridgehead atoms. The fourth-order valence-electron chi connectivity index (χ4n) is 2.12. The van der Waals surface area contributed by atoms with Gasteiger partial charge in [0.25, 0.3) is 0 Å². The number of nitrogens with two attached hydrogens (primary N) is 1. The molecule has 0 saturated carbocycles. The van der Waals surface area contributed by atoms with Crippen LogP contribution in [0.2, 0.25) is 0 Å². The number of thioether (sulfide) groups is 1. The summed E-state index contributed by atoms with van der Waals surface area (Å²) in [6.07, 6.45) is 0.792. The fraction of sp³-hybridized carbons (Fsp3) is 0.200. The van der Waals surface area contributed by atoms with Gasteiger partial charge in [-0.3, -0.25) is 0 Å². The minimum Gasteiger partial charge on any atom is -0.336 e. The maximum absolute atomic E-state index is 5.94. The molecule has 0 fully saturated rings. The van der Waals surface area contributed by atoms with Crippen LogP contribution in [-0.4, -0.2) is 14.9 Å². The molecule has 0 radical (unpaired) electrons. The summed E-state index contributed by atoms with van der Waals surface area (Å²) in [7, 11) is 0. The van der Waals surface area contributed by atoms with E-state index in [0.717, 1.165) is 23.2 Å². The highest BCUT2D eigenvalue weighted by molar-refractivity contribution is 7.98. The number of fused-ring (bicyclic) bond motifs is 1. The predicted octanol–water partition coefficient (Wildman–Crippen LogP) is 3.00. The molecule has 0 spiro atoms. The third-order valence-corrected chi connectivity index (χ3v) is 4.25. The molecule has 3 rings (SSSR count).